The van der Waals surface area contributed by atoms with Crippen molar-refractivity contribution in [1.82, 2.24) is 0 Å². The average molecular weight is 158 g/mol. The molecule has 0 aromatic heterocycles. The lowest BCUT2D eigenvalue weighted by Crippen LogP contribution is -2.20. The van der Waals surface area contributed by atoms with Crippen molar-refractivity contribution in [2.75, 3.05) is 6.67 Å². The summed E-state index contributed by atoms with van der Waals surface area (Å²) in [4.78, 5) is 10.4. The Kier molecular flexibility index (Phi) is 3.53. The second-order valence-corrected chi connectivity index (χ2v) is 3.35. The number of rotatable bonds is 3. The fourth-order valence-electron chi connectivity index (χ4n) is 1.84. The molecule has 1 atom stereocenters. The van der Waals surface area contributed by atoms with Crippen molar-refractivity contribution in [2.24, 2.45) is 11.8 Å². The quantitative estimate of drug-likeness (QED) is 0.576. The Balaban J connectivity index is 2.35. The molecule has 1 fully saturated rings. The van der Waals surface area contributed by atoms with Gasteiger partial charge in [-0.15, -0.1) is 0 Å². The van der Waals surface area contributed by atoms with Gasteiger partial charge in [0.2, 0.25) is 0 Å². The van der Waals surface area contributed by atoms with Crippen LogP contribution in [-0.4, -0.2) is 13.0 Å². The molecule has 1 aliphatic carbocycles. The highest BCUT2D eigenvalue weighted by atomic mass is 19.1. The maximum absolute atomic E-state index is 12.2. The van der Waals surface area contributed by atoms with Gasteiger partial charge in [-0.1, -0.05) is 19.3 Å². The van der Waals surface area contributed by atoms with E-state index >= 15 is 0 Å². The van der Waals surface area contributed by atoms with Crippen molar-refractivity contribution in [3.63, 3.8) is 0 Å². The number of hydrogen-bond acceptors (Lipinski definition) is 1. The zero-order valence-corrected chi connectivity index (χ0v) is 6.76. The normalized spacial score (nSPS) is 23.0. The highest BCUT2D eigenvalue weighted by Crippen LogP contribution is 2.29. The third kappa shape index (κ3) is 2.28. The minimum absolute atomic E-state index is 0.310. The maximum atomic E-state index is 12.2. The molecule has 2 heteroatoms. The molecule has 11 heavy (non-hydrogen) atoms. The summed E-state index contributed by atoms with van der Waals surface area (Å²) in [6.45, 7) is -0.464. The van der Waals surface area contributed by atoms with E-state index in [4.69, 9.17) is 0 Å². The SMILES string of the molecule is O=CC(CF)C1CCCCC1. The highest BCUT2D eigenvalue weighted by Gasteiger charge is 2.22. The van der Waals surface area contributed by atoms with Crippen LogP contribution < -0.4 is 0 Å². The van der Waals surface area contributed by atoms with Crippen LogP contribution in [0, 0.1) is 11.8 Å². The Morgan fingerprint density at radius 1 is 1.36 bits per heavy atom. The van der Waals surface area contributed by atoms with Crippen LogP contribution in [0.1, 0.15) is 32.1 Å². The van der Waals surface area contributed by atoms with E-state index in [2.05, 4.69) is 0 Å². The first-order valence-electron chi connectivity index (χ1n) is 4.39. The molecule has 1 rings (SSSR count). The van der Waals surface area contributed by atoms with E-state index < -0.39 is 6.67 Å². The average Bonchev–Trinajstić information content (AvgIpc) is 2.09. The van der Waals surface area contributed by atoms with E-state index in [0.29, 0.717) is 5.92 Å². The summed E-state index contributed by atoms with van der Waals surface area (Å²) >= 11 is 0. The number of hydrogen-bond donors (Lipinski definition) is 0. The Hall–Kier alpha value is -0.400. The Bertz CT molecular complexity index is 119. The van der Waals surface area contributed by atoms with E-state index in [1.54, 1.807) is 0 Å². The Labute approximate surface area is 67.0 Å². The smallest absolute Gasteiger partial charge is 0.125 e. The molecule has 0 saturated heterocycles. The largest absolute Gasteiger partial charge is 0.303 e. The molecule has 64 valence electrons. The summed E-state index contributed by atoms with van der Waals surface area (Å²) in [6.07, 6.45) is 6.50. The zero-order chi connectivity index (χ0) is 8.10. The predicted molar refractivity (Wildman–Crippen MR) is 42.1 cm³/mol. The lowest BCUT2D eigenvalue weighted by Gasteiger charge is -2.24. The second-order valence-electron chi connectivity index (χ2n) is 3.35. The maximum Gasteiger partial charge on any atom is 0.125 e. The van der Waals surface area contributed by atoms with Crippen LogP contribution in [0.5, 0.6) is 0 Å². The van der Waals surface area contributed by atoms with Crippen LogP contribution in [0.25, 0.3) is 0 Å². The van der Waals surface area contributed by atoms with Gasteiger partial charge in [0.15, 0.2) is 0 Å². The van der Waals surface area contributed by atoms with Gasteiger partial charge in [0, 0.05) is 5.92 Å². The van der Waals surface area contributed by atoms with Gasteiger partial charge in [-0.05, 0) is 18.8 Å². The molecule has 1 unspecified atom stereocenters. The molecule has 0 aromatic carbocycles. The van der Waals surface area contributed by atoms with Crippen molar-refractivity contribution >= 4 is 6.29 Å². The van der Waals surface area contributed by atoms with Gasteiger partial charge in [-0.2, -0.15) is 0 Å². The number of carbonyl (C=O) groups is 1. The van der Waals surface area contributed by atoms with Gasteiger partial charge in [0.25, 0.3) is 0 Å². The fraction of sp³-hybridized carbons (Fsp3) is 0.889. The van der Waals surface area contributed by atoms with Crippen molar-refractivity contribution < 1.29 is 9.18 Å². The van der Waals surface area contributed by atoms with Gasteiger partial charge in [0.05, 0.1) is 6.67 Å². The van der Waals surface area contributed by atoms with Crippen LogP contribution >= 0.6 is 0 Å². The van der Waals surface area contributed by atoms with E-state index in [0.717, 1.165) is 19.1 Å². The van der Waals surface area contributed by atoms with E-state index in [1.807, 2.05) is 0 Å². The van der Waals surface area contributed by atoms with E-state index in [1.165, 1.54) is 19.3 Å². The third-order valence-corrected chi connectivity index (χ3v) is 2.61. The first kappa shape index (κ1) is 8.69. The molecule has 0 radical (unpaired) electrons. The molecule has 0 bridgehead atoms. The number of halogens is 1. The van der Waals surface area contributed by atoms with Crippen LogP contribution in [0.2, 0.25) is 0 Å². The van der Waals surface area contributed by atoms with Crippen molar-refractivity contribution in [3.05, 3.63) is 0 Å². The Morgan fingerprint density at radius 2 is 2.00 bits per heavy atom. The van der Waals surface area contributed by atoms with Crippen molar-refractivity contribution in [3.8, 4) is 0 Å². The van der Waals surface area contributed by atoms with Crippen LogP contribution in [0.3, 0.4) is 0 Å². The summed E-state index contributed by atoms with van der Waals surface area (Å²) in [5.41, 5.74) is 0. The van der Waals surface area contributed by atoms with Gasteiger partial charge in [-0.25, -0.2) is 0 Å². The highest BCUT2D eigenvalue weighted by molar-refractivity contribution is 5.54. The lowest BCUT2D eigenvalue weighted by atomic mass is 9.81. The summed E-state index contributed by atoms with van der Waals surface area (Å²) in [7, 11) is 0. The number of carbonyl (C=O) groups excluding carboxylic acids is 1. The first-order chi connectivity index (χ1) is 5.38. The van der Waals surface area contributed by atoms with Gasteiger partial charge >= 0.3 is 0 Å². The first-order valence-corrected chi connectivity index (χ1v) is 4.39. The van der Waals surface area contributed by atoms with Crippen LogP contribution in [-0.2, 0) is 4.79 Å². The summed E-state index contributed by atoms with van der Waals surface area (Å²) in [6, 6.07) is 0. The molecule has 1 saturated carbocycles. The zero-order valence-electron chi connectivity index (χ0n) is 6.76. The summed E-state index contributed by atoms with van der Waals surface area (Å²) in [5.74, 6) is 0.0292. The van der Waals surface area contributed by atoms with Gasteiger partial charge in [0.1, 0.15) is 6.29 Å². The molecule has 0 spiro atoms. The minimum Gasteiger partial charge on any atom is -0.303 e. The van der Waals surface area contributed by atoms with Gasteiger partial charge in [-0.3, -0.25) is 4.39 Å². The molecule has 0 heterocycles. The van der Waals surface area contributed by atoms with Crippen molar-refractivity contribution in [1.29, 1.82) is 0 Å². The monoisotopic (exact) mass is 158 g/mol. The van der Waals surface area contributed by atoms with E-state index in [9.17, 15) is 9.18 Å². The lowest BCUT2D eigenvalue weighted by molar-refractivity contribution is -0.113. The molecule has 0 amide bonds. The number of alkyl halides is 1. The number of aldehydes is 1. The Morgan fingerprint density at radius 3 is 2.45 bits per heavy atom. The van der Waals surface area contributed by atoms with Crippen LogP contribution in [0.15, 0.2) is 0 Å². The standard InChI is InChI=1S/C9H15FO/c10-6-9(7-11)8-4-2-1-3-5-8/h7-9H,1-6H2. The summed E-state index contributed by atoms with van der Waals surface area (Å²) < 4.78 is 12.2. The minimum atomic E-state index is -0.464. The molecule has 0 aromatic rings. The molecule has 1 nitrogen and oxygen atoms in total. The molecular weight excluding hydrogens is 143 g/mol. The third-order valence-electron chi connectivity index (χ3n) is 2.61. The molecular formula is C9H15FO. The molecule has 0 aliphatic heterocycles. The molecule has 1 aliphatic rings. The van der Waals surface area contributed by atoms with E-state index in [-0.39, 0.29) is 5.92 Å². The predicted octanol–water partition coefficient (Wildman–Crippen LogP) is 2.35. The van der Waals surface area contributed by atoms with Crippen molar-refractivity contribution in [2.45, 2.75) is 32.1 Å². The topological polar surface area (TPSA) is 17.1 Å². The summed E-state index contributed by atoms with van der Waals surface area (Å²) in [5, 5.41) is 0. The second kappa shape index (κ2) is 4.47. The molecule has 0 N–H and O–H groups in total. The van der Waals surface area contributed by atoms with Gasteiger partial charge < -0.3 is 4.79 Å². The van der Waals surface area contributed by atoms with Crippen LogP contribution in [0.4, 0.5) is 4.39 Å². The fourth-order valence-corrected chi connectivity index (χ4v) is 1.84.